The molecule has 2 atom stereocenters. The van der Waals surface area contributed by atoms with Crippen LogP contribution in [0.5, 0.6) is 0 Å². The van der Waals surface area contributed by atoms with E-state index < -0.39 is 17.3 Å². The number of aromatic nitrogens is 5. The lowest BCUT2D eigenvalue weighted by atomic mass is 10.2. The average molecular weight is 565 g/mol. The van der Waals surface area contributed by atoms with Gasteiger partial charge in [0.15, 0.2) is 5.65 Å². The predicted molar refractivity (Wildman–Crippen MR) is 149 cm³/mol. The topological polar surface area (TPSA) is 158 Å². The first-order valence-electron chi connectivity index (χ1n) is 13.1. The van der Waals surface area contributed by atoms with Crippen LogP contribution >= 0.6 is 0 Å². The molecule has 0 unspecified atom stereocenters. The number of rotatable bonds is 7. The third-order valence-corrected chi connectivity index (χ3v) is 6.60. The van der Waals surface area contributed by atoms with Crippen LogP contribution in [0, 0.1) is 0 Å². The molecule has 1 aliphatic rings. The number of hydrogen-bond donors (Lipinski definition) is 2. The second-order valence-corrected chi connectivity index (χ2v) is 10.7. The summed E-state index contributed by atoms with van der Waals surface area (Å²) in [6, 6.07) is 4.80. The zero-order chi connectivity index (χ0) is 29.3. The van der Waals surface area contributed by atoms with E-state index >= 15 is 0 Å². The fourth-order valence-electron chi connectivity index (χ4n) is 4.60. The van der Waals surface area contributed by atoms with Crippen molar-refractivity contribution in [1.82, 2.24) is 29.5 Å². The maximum atomic E-state index is 13.3. The van der Waals surface area contributed by atoms with Crippen LogP contribution in [0.4, 0.5) is 22.1 Å². The number of methoxy groups -OCH3 is 1. The molecule has 5 rings (SSSR count). The van der Waals surface area contributed by atoms with Crippen LogP contribution in [0.1, 0.15) is 50.4 Å². The minimum Gasteiger partial charge on any atom is -0.443 e. The van der Waals surface area contributed by atoms with Gasteiger partial charge in [-0.1, -0.05) is 0 Å². The molecule has 14 heteroatoms. The summed E-state index contributed by atoms with van der Waals surface area (Å²) in [5.41, 5.74) is -0.638. The lowest BCUT2D eigenvalue weighted by Crippen LogP contribution is -2.35. The van der Waals surface area contributed by atoms with E-state index in [2.05, 4.69) is 25.7 Å². The van der Waals surface area contributed by atoms with Crippen molar-refractivity contribution < 1.29 is 23.5 Å². The molecule has 1 fully saturated rings. The van der Waals surface area contributed by atoms with Crippen LogP contribution in [0.2, 0.25) is 0 Å². The number of anilines is 3. The van der Waals surface area contributed by atoms with E-state index in [4.69, 9.17) is 13.9 Å². The lowest BCUT2D eigenvalue weighted by molar-refractivity contribution is 0.0587. The molecule has 0 aromatic carbocycles. The Balaban J connectivity index is 1.54. The fraction of sp³-hybridized carbons (Fsp3) is 0.407. The first-order valence-corrected chi connectivity index (χ1v) is 13.1. The van der Waals surface area contributed by atoms with Crippen molar-refractivity contribution in [2.75, 3.05) is 24.4 Å². The molecule has 4 heterocycles. The molecule has 41 heavy (non-hydrogen) atoms. The number of oxazole rings is 1. The Bertz CT molecular complexity index is 1620. The van der Waals surface area contributed by atoms with Gasteiger partial charge in [0.05, 0.1) is 18.5 Å². The van der Waals surface area contributed by atoms with Crippen molar-refractivity contribution in [3.8, 4) is 6.01 Å². The number of carbonyl (C=O) groups is 2. The second-order valence-electron chi connectivity index (χ2n) is 10.7. The van der Waals surface area contributed by atoms with Gasteiger partial charge in [0.1, 0.15) is 34.8 Å². The van der Waals surface area contributed by atoms with Gasteiger partial charge in [-0.15, -0.1) is 0 Å². The Morgan fingerprint density at radius 3 is 2.73 bits per heavy atom. The Labute approximate surface area is 235 Å². The summed E-state index contributed by atoms with van der Waals surface area (Å²) in [7, 11) is 3.18. The Morgan fingerprint density at radius 2 is 2.05 bits per heavy atom. The first kappa shape index (κ1) is 27.8. The molecule has 0 bridgehead atoms. The van der Waals surface area contributed by atoms with Crippen molar-refractivity contribution in [2.24, 2.45) is 0 Å². The molecule has 14 nitrogen and oxygen atoms in total. The van der Waals surface area contributed by atoms with Gasteiger partial charge in [-0.25, -0.2) is 19.3 Å². The van der Waals surface area contributed by atoms with Crippen LogP contribution in [-0.2, 0) is 9.47 Å². The largest absolute Gasteiger partial charge is 0.443 e. The highest BCUT2D eigenvalue weighted by Gasteiger charge is 2.29. The van der Waals surface area contributed by atoms with Crippen molar-refractivity contribution in [3.63, 3.8) is 0 Å². The molecule has 2 amide bonds. The van der Waals surface area contributed by atoms with Crippen LogP contribution in [0.25, 0.3) is 11.7 Å². The van der Waals surface area contributed by atoms with Gasteiger partial charge < -0.3 is 24.5 Å². The van der Waals surface area contributed by atoms with Gasteiger partial charge in [0.2, 0.25) is 0 Å². The Hall–Kier alpha value is -4.72. The summed E-state index contributed by atoms with van der Waals surface area (Å²) in [6.45, 7) is 5.28. The van der Waals surface area contributed by atoms with Crippen molar-refractivity contribution in [3.05, 3.63) is 59.0 Å². The SMILES string of the molecule is CO[C@@H]1CC[C@@H](NC(=O)c2cnn3c(N(C)C(=O)OC(C)(C)C)cc(Nc4cccn(-c5ncco5)c4=O)nc23)C1. The van der Waals surface area contributed by atoms with Gasteiger partial charge >= 0.3 is 12.1 Å². The number of pyridine rings is 1. The summed E-state index contributed by atoms with van der Waals surface area (Å²) < 4.78 is 18.9. The summed E-state index contributed by atoms with van der Waals surface area (Å²) in [5, 5.41) is 10.4. The van der Waals surface area contributed by atoms with Crippen molar-refractivity contribution >= 4 is 35.0 Å². The van der Waals surface area contributed by atoms with Crippen LogP contribution in [-0.4, -0.2) is 68.1 Å². The highest BCUT2D eigenvalue weighted by Crippen LogP contribution is 2.26. The van der Waals surface area contributed by atoms with Gasteiger partial charge in [-0.3, -0.25) is 14.5 Å². The van der Waals surface area contributed by atoms with E-state index in [0.717, 1.165) is 12.8 Å². The van der Waals surface area contributed by atoms with Crippen LogP contribution < -0.4 is 21.1 Å². The molecule has 0 aliphatic heterocycles. The first-order chi connectivity index (χ1) is 19.5. The molecule has 0 radical (unpaired) electrons. The quantitative estimate of drug-likeness (QED) is 0.341. The summed E-state index contributed by atoms with van der Waals surface area (Å²) in [6.07, 6.45) is 7.53. The normalized spacial score (nSPS) is 17.0. The second kappa shape index (κ2) is 11.0. The molecular formula is C27H32N8O6. The van der Waals surface area contributed by atoms with E-state index in [1.165, 1.54) is 52.0 Å². The molecule has 216 valence electrons. The summed E-state index contributed by atoms with van der Waals surface area (Å²) >= 11 is 0. The average Bonchev–Trinajstić information content (AvgIpc) is 3.69. The van der Waals surface area contributed by atoms with Crippen molar-refractivity contribution in [1.29, 1.82) is 0 Å². The van der Waals surface area contributed by atoms with Gasteiger partial charge in [-0.2, -0.15) is 9.61 Å². The van der Waals surface area contributed by atoms with Crippen molar-refractivity contribution in [2.45, 2.75) is 57.8 Å². The van der Waals surface area contributed by atoms with Gasteiger partial charge in [0.25, 0.3) is 11.5 Å². The lowest BCUT2D eigenvalue weighted by Gasteiger charge is -2.25. The summed E-state index contributed by atoms with van der Waals surface area (Å²) in [4.78, 5) is 49.4. The number of hydrogen-bond acceptors (Lipinski definition) is 10. The number of ether oxygens (including phenoxy) is 2. The number of nitrogens with one attached hydrogen (secondary N) is 2. The number of amides is 2. The predicted octanol–water partition coefficient (Wildman–Crippen LogP) is 3.28. The van der Waals surface area contributed by atoms with Crippen LogP contribution in [0.3, 0.4) is 0 Å². The number of carbonyl (C=O) groups excluding carboxylic acids is 2. The van der Waals surface area contributed by atoms with Crippen LogP contribution in [0.15, 0.2) is 52.3 Å². The summed E-state index contributed by atoms with van der Waals surface area (Å²) in [5.74, 6) is 0.0957. The fourth-order valence-corrected chi connectivity index (χ4v) is 4.60. The number of fused-ring (bicyclic) bond motifs is 1. The molecule has 0 saturated heterocycles. The molecular weight excluding hydrogens is 532 g/mol. The minimum atomic E-state index is -0.746. The minimum absolute atomic E-state index is 0.0504. The Kier molecular flexibility index (Phi) is 7.49. The van der Waals surface area contributed by atoms with Gasteiger partial charge in [-0.05, 0) is 52.2 Å². The molecule has 1 saturated carbocycles. The monoisotopic (exact) mass is 564 g/mol. The zero-order valence-electron chi connectivity index (χ0n) is 23.5. The van der Waals surface area contributed by atoms with E-state index in [9.17, 15) is 14.4 Å². The smallest absolute Gasteiger partial charge is 0.415 e. The standard InChI is InChI=1S/C27H32N8O6/c1-27(2,3)41-26(38)33(4)21-14-20(31-19-7-6-11-34(24(19)37)25-28-10-12-40-25)32-22-18(15-29-35(21)22)23(36)30-16-8-9-17(13-16)39-5/h6-7,10-12,14-17H,8-9,13H2,1-5H3,(H,30,36)(H,31,32)/t16-,17-/m1/s1. The van der Waals surface area contributed by atoms with Gasteiger partial charge in [0, 0.05) is 32.5 Å². The van der Waals surface area contributed by atoms with E-state index in [0.29, 0.717) is 6.42 Å². The highest BCUT2D eigenvalue weighted by atomic mass is 16.6. The van der Waals surface area contributed by atoms with E-state index in [1.54, 1.807) is 40.0 Å². The van der Waals surface area contributed by atoms with E-state index in [1.807, 2.05) is 0 Å². The maximum Gasteiger partial charge on any atom is 0.415 e. The third kappa shape index (κ3) is 5.91. The molecule has 4 aromatic rings. The maximum absolute atomic E-state index is 13.3. The van der Waals surface area contributed by atoms with E-state index in [-0.39, 0.29) is 52.6 Å². The third-order valence-electron chi connectivity index (χ3n) is 6.60. The molecule has 1 aliphatic carbocycles. The molecule has 0 spiro atoms. The number of nitrogens with zero attached hydrogens (tertiary/aromatic N) is 6. The Morgan fingerprint density at radius 1 is 1.24 bits per heavy atom. The molecule has 2 N–H and O–H groups in total. The molecule has 4 aromatic heterocycles. The highest BCUT2D eigenvalue weighted by molar-refractivity contribution is 6.00. The zero-order valence-corrected chi connectivity index (χ0v) is 23.5.